The second-order valence-corrected chi connectivity index (χ2v) is 4.22. The Balaban J connectivity index is 1.86. The van der Waals surface area contributed by atoms with Crippen LogP contribution in [-0.4, -0.2) is 28.9 Å². The highest BCUT2D eigenvalue weighted by atomic mass is 16.3. The van der Waals surface area contributed by atoms with Crippen molar-refractivity contribution in [3.63, 3.8) is 0 Å². The molecule has 1 saturated heterocycles. The quantitative estimate of drug-likeness (QED) is 0.739. The summed E-state index contributed by atoms with van der Waals surface area (Å²) < 4.78 is 4.84. The molecule has 1 aromatic rings. The van der Waals surface area contributed by atoms with Crippen molar-refractivity contribution in [1.29, 1.82) is 0 Å². The molecule has 1 aromatic heterocycles. The molecule has 0 N–H and O–H groups in total. The van der Waals surface area contributed by atoms with E-state index in [2.05, 4.69) is 11.9 Å². The Hall–Kier alpha value is -1.32. The van der Waals surface area contributed by atoms with Gasteiger partial charge in [0.2, 0.25) is 5.91 Å². The molecule has 4 heteroatoms. The summed E-state index contributed by atoms with van der Waals surface area (Å²) in [5.74, 6) is 0.914. The van der Waals surface area contributed by atoms with Crippen LogP contribution in [0, 0.1) is 5.92 Å². The van der Waals surface area contributed by atoms with Gasteiger partial charge < -0.3 is 9.32 Å². The molecule has 82 valence electrons. The minimum atomic E-state index is 0.163. The van der Waals surface area contributed by atoms with E-state index in [9.17, 15) is 4.79 Å². The van der Waals surface area contributed by atoms with Gasteiger partial charge >= 0.3 is 0 Å². The lowest BCUT2D eigenvalue weighted by Crippen LogP contribution is -2.38. The normalized spacial score (nSPS) is 18.1. The first-order chi connectivity index (χ1) is 7.25. The van der Waals surface area contributed by atoms with Gasteiger partial charge in [0.05, 0.1) is 12.1 Å². The summed E-state index contributed by atoms with van der Waals surface area (Å²) in [6.45, 7) is 4.01. The Morgan fingerprint density at radius 3 is 2.93 bits per heavy atom. The van der Waals surface area contributed by atoms with Gasteiger partial charge in [-0.3, -0.25) is 4.79 Å². The number of oxazole rings is 1. The maximum Gasteiger partial charge on any atom is 0.228 e. The molecule has 0 atom stereocenters. The molecule has 0 spiro atoms. The fourth-order valence-electron chi connectivity index (χ4n) is 1.85. The number of carbonyl (C=O) groups is 1. The van der Waals surface area contributed by atoms with E-state index in [4.69, 9.17) is 4.42 Å². The van der Waals surface area contributed by atoms with E-state index in [0.717, 1.165) is 37.5 Å². The highest BCUT2D eigenvalue weighted by molar-refractivity contribution is 5.78. The number of amides is 1. The Kier molecular flexibility index (Phi) is 3.04. The second kappa shape index (κ2) is 4.47. The summed E-state index contributed by atoms with van der Waals surface area (Å²) >= 11 is 0. The van der Waals surface area contributed by atoms with E-state index in [0.29, 0.717) is 6.42 Å². The summed E-state index contributed by atoms with van der Waals surface area (Å²) in [7, 11) is 0. The van der Waals surface area contributed by atoms with Gasteiger partial charge in [0.15, 0.2) is 6.39 Å². The van der Waals surface area contributed by atoms with Crippen LogP contribution in [0.1, 0.15) is 25.5 Å². The van der Waals surface area contributed by atoms with Crippen molar-refractivity contribution in [2.24, 2.45) is 5.92 Å². The van der Waals surface area contributed by atoms with Crippen LogP contribution in [0.5, 0.6) is 0 Å². The van der Waals surface area contributed by atoms with Gasteiger partial charge in [-0.05, 0) is 18.8 Å². The van der Waals surface area contributed by atoms with Crippen molar-refractivity contribution < 1.29 is 9.21 Å². The Morgan fingerprint density at radius 2 is 2.33 bits per heavy atom. The summed E-state index contributed by atoms with van der Waals surface area (Å²) in [6.07, 6.45) is 5.49. The van der Waals surface area contributed by atoms with Crippen LogP contribution in [0.25, 0.3) is 0 Å². The predicted molar refractivity (Wildman–Crippen MR) is 55.2 cm³/mol. The molecule has 0 bridgehead atoms. The van der Waals surface area contributed by atoms with Crippen LogP contribution < -0.4 is 0 Å². The maximum atomic E-state index is 11.8. The molecule has 1 fully saturated rings. The molecule has 4 nitrogen and oxygen atoms in total. The van der Waals surface area contributed by atoms with Gasteiger partial charge in [-0.15, -0.1) is 0 Å². The maximum absolute atomic E-state index is 11.8. The molecule has 0 saturated carbocycles. The zero-order valence-corrected chi connectivity index (χ0v) is 8.98. The Bertz CT molecular complexity index is 313. The second-order valence-electron chi connectivity index (χ2n) is 4.22. The molecule has 15 heavy (non-hydrogen) atoms. The molecular weight excluding hydrogens is 192 g/mol. The topological polar surface area (TPSA) is 46.3 Å². The van der Waals surface area contributed by atoms with Crippen LogP contribution in [0.15, 0.2) is 17.1 Å². The standard InChI is InChI=1S/C11H16N2O2/c1-9-2-4-13(5-3-9)11(14)6-10-7-15-8-12-10/h7-9H,2-6H2,1H3. The molecule has 0 unspecified atom stereocenters. The average molecular weight is 208 g/mol. The van der Waals surface area contributed by atoms with Gasteiger partial charge in [-0.2, -0.15) is 0 Å². The van der Waals surface area contributed by atoms with Crippen LogP contribution in [0.3, 0.4) is 0 Å². The number of hydrogen-bond donors (Lipinski definition) is 0. The first kappa shape index (κ1) is 10.2. The first-order valence-corrected chi connectivity index (χ1v) is 5.40. The molecular formula is C11H16N2O2. The van der Waals surface area contributed by atoms with Crippen molar-refractivity contribution in [2.45, 2.75) is 26.2 Å². The number of carbonyl (C=O) groups excluding carboxylic acids is 1. The first-order valence-electron chi connectivity index (χ1n) is 5.40. The molecule has 1 aliphatic rings. The zero-order chi connectivity index (χ0) is 10.7. The van der Waals surface area contributed by atoms with Crippen LogP contribution in [0.2, 0.25) is 0 Å². The number of rotatable bonds is 2. The van der Waals surface area contributed by atoms with Gasteiger partial charge in [0.25, 0.3) is 0 Å². The molecule has 0 radical (unpaired) electrons. The lowest BCUT2D eigenvalue weighted by Gasteiger charge is -2.30. The van der Waals surface area contributed by atoms with E-state index in [1.807, 2.05) is 4.90 Å². The van der Waals surface area contributed by atoms with Gasteiger partial charge in [0, 0.05) is 13.1 Å². The molecule has 0 aliphatic carbocycles. The predicted octanol–water partition coefficient (Wildman–Crippen LogP) is 1.48. The average Bonchev–Trinajstić information content (AvgIpc) is 2.71. The molecule has 2 heterocycles. The Labute approximate surface area is 89.3 Å². The third-order valence-corrected chi connectivity index (χ3v) is 2.95. The highest BCUT2D eigenvalue weighted by Gasteiger charge is 2.20. The summed E-state index contributed by atoms with van der Waals surface area (Å²) in [5.41, 5.74) is 0.721. The number of aromatic nitrogens is 1. The monoisotopic (exact) mass is 208 g/mol. The van der Waals surface area contributed by atoms with Crippen molar-refractivity contribution in [1.82, 2.24) is 9.88 Å². The number of hydrogen-bond acceptors (Lipinski definition) is 3. The third-order valence-electron chi connectivity index (χ3n) is 2.95. The fourth-order valence-corrected chi connectivity index (χ4v) is 1.85. The SMILES string of the molecule is CC1CCN(C(=O)Cc2cocn2)CC1. The lowest BCUT2D eigenvalue weighted by molar-refractivity contribution is -0.131. The van der Waals surface area contributed by atoms with Crippen molar-refractivity contribution >= 4 is 5.91 Å². The van der Waals surface area contributed by atoms with E-state index in [-0.39, 0.29) is 5.91 Å². The van der Waals surface area contributed by atoms with Crippen molar-refractivity contribution in [2.75, 3.05) is 13.1 Å². The van der Waals surface area contributed by atoms with Crippen LogP contribution in [0.4, 0.5) is 0 Å². The molecule has 1 aliphatic heterocycles. The minimum absolute atomic E-state index is 0.163. The van der Waals surface area contributed by atoms with E-state index in [1.165, 1.54) is 12.7 Å². The lowest BCUT2D eigenvalue weighted by atomic mass is 9.99. The summed E-state index contributed by atoms with van der Waals surface area (Å²) in [4.78, 5) is 17.7. The third kappa shape index (κ3) is 2.58. The van der Waals surface area contributed by atoms with E-state index in [1.54, 1.807) is 0 Å². The van der Waals surface area contributed by atoms with Gasteiger partial charge in [0.1, 0.15) is 6.26 Å². The van der Waals surface area contributed by atoms with Crippen molar-refractivity contribution in [3.8, 4) is 0 Å². The zero-order valence-electron chi connectivity index (χ0n) is 8.98. The van der Waals surface area contributed by atoms with Gasteiger partial charge in [-0.25, -0.2) is 4.98 Å². The molecule has 2 rings (SSSR count). The van der Waals surface area contributed by atoms with E-state index < -0.39 is 0 Å². The largest absolute Gasteiger partial charge is 0.451 e. The van der Waals surface area contributed by atoms with Gasteiger partial charge in [-0.1, -0.05) is 6.92 Å². The van der Waals surface area contributed by atoms with E-state index >= 15 is 0 Å². The Morgan fingerprint density at radius 1 is 1.60 bits per heavy atom. The van der Waals surface area contributed by atoms with Crippen LogP contribution in [-0.2, 0) is 11.2 Å². The minimum Gasteiger partial charge on any atom is -0.451 e. The number of piperidine rings is 1. The summed E-state index contributed by atoms with van der Waals surface area (Å²) in [5, 5.41) is 0. The van der Waals surface area contributed by atoms with Crippen LogP contribution >= 0.6 is 0 Å². The smallest absolute Gasteiger partial charge is 0.228 e. The highest BCUT2D eigenvalue weighted by Crippen LogP contribution is 2.16. The van der Waals surface area contributed by atoms with Crippen molar-refractivity contribution in [3.05, 3.63) is 18.4 Å². The number of nitrogens with zero attached hydrogens (tertiary/aromatic N) is 2. The molecule has 0 aromatic carbocycles. The number of likely N-dealkylation sites (tertiary alicyclic amines) is 1. The molecule has 1 amide bonds. The summed E-state index contributed by atoms with van der Waals surface area (Å²) in [6, 6.07) is 0. The fraction of sp³-hybridized carbons (Fsp3) is 0.636.